The number of hydrogen-bond acceptors (Lipinski definition) is 2. The number of rotatable bonds is 4. The van der Waals surface area contributed by atoms with Gasteiger partial charge in [-0.05, 0) is 18.9 Å². The van der Waals surface area contributed by atoms with Crippen LogP contribution in [0.1, 0.15) is 45.7 Å². The van der Waals surface area contributed by atoms with Gasteiger partial charge in [-0.15, -0.1) is 0 Å². The molecule has 0 bridgehead atoms. The predicted molar refractivity (Wildman–Crippen MR) is 80.7 cm³/mol. The van der Waals surface area contributed by atoms with Crippen LogP contribution < -0.4 is 5.32 Å². The Morgan fingerprint density at radius 3 is 2.28 bits per heavy atom. The first kappa shape index (κ1) is 15.1. The third kappa shape index (κ3) is 4.75. The average molecular weight is 265 g/mol. The minimum atomic E-state index is -0.356. The Morgan fingerprint density at radius 2 is 1.83 bits per heavy atom. The molecule has 1 aromatic carbocycles. The van der Waals surface area contributed by atoms with E-state index in [1.54, 1.807) is 6.92 Å². The quantitative estimate of drug-likeness (QED) is 0.818. The standard InChI is InChI=1S/C15H23NOS/c1-11(17)10-13(12-8-6-5-7-9-12)16-14(18)15(2,3)4/h5-9,11,13,17H,10H2,1-4H3,(H,16,18). The molecular weight excluding hydrogens is 242 g/mol. The molecule has 0 aromatic heterocycles. The largest absolute Gasteiger partial charge is 0.393 e. The monoisotopic (exact) mass is 265 g/mol. The average Bonchev–Trinajstić information content (AvgIpc) is 2.27. The summed E-state index contributed by atoms with van der Waals surface area (Å²) >= 11 is 5.43. The lowest BCUT2D eigenvalue weighted by Gasteiger charge is -2.28. The van der Waals surface area contributed by atoms with Crippen LogP contribution in [-0.2, 0) is 0 Å². The first-order chi connectivity index (χ1) is 8.30. The maximum atomic E-state index is 9.62. The number of aliphatic hydroxyl groups excluding tert-OH is 1. The Morgan fingerprint density at radius 1 is 1.28 bits per heavy atom. The summed E-state index contributed by atoms with van der Waals surface area (Å²) in [7, 11) is 0. The highest BCUT2D eigenvalue weighted by Gasteiger charge is 2.22. The topological polar surface area (TPSA) is 32.3 Å². The van der Waals surface area contributed by atoms with Gasteiger partial charge in [0, 0.05) is 5.41 Å². The highest BCUT2D eigenvalue weighted by molar-refractivity contribution is 7.80. The predicted octanol–water partition coefficient (Wildman–Crippen LogP) is 3.46. The molecule has 100 valence electrons. The fraction of sp³-hybridized carbons (Fsp3) is 0.533. The van der Waals surface area contributed by atoms with Crippen molar-refractivity contribution < 1.29 is 5.11 Å². The molecule has 1 aromatic rings. The third-order valence-electron chi connectivity index (χ3n) is 2.77. The Labute approximate surface area is 115 Å². The molecule has 0 aliphatic carbocycles. The summed E-state index contributed by atoms with van der Waals surface area (Å²) in [5, 5.41) is 13.0. The molecule has 2 nitrogen and oxygen atoms in total. The zero-order valence-electron chi connectivity index (χ0n) is 11.6. The van der Waals surface area contributed by atoms with Crippen molar-refractivity contribution in [2.75, 3.05) is 0 Å². The van der Waals surface area contributed by atoms with Crippen LogP contribution in [0.4, 0.5) is 0 Å². The summed E-state index contributed by atoms with van der Waals surface area (Å²) in [5.41, 5.74) is 1.10. The van der Waals surface area contributed by atoms with Crippen LogP contribution in [0.15, 0.2) is 30.3 Å². The molecule has 0 aliphatic heterocycles. The van der Waals surface area contributed by atoms with Crippen molar-refractivity contribution in [2.45, 2.75) is 46.3 Å². The highest BCUT2D eigenvalue weighted by atomic mass is 32.1. The van der Waals surface area contributed by atoms with E-state index in [1.165, 1.54) is 0 Å². The summed E-state index contributed by atoms with van der Waals surface area (Å²) < 4.78 is 0. The van der Waals surface area contributed by atoms with E-state index in [4.69, 9.17) is 12.2 Å². The van der Waals surface area contributed by atoms with Crippen LogP contribution in [0.25, 0.3) is 0 Å². The van der Waals surface area contributed by atoms with Crippen molar-refractivity contribution in [2.24, 2.45) is 5.41 Å². The number of thiocarbonyl (C=S) groups is 1. The van der Waals surface area contributed by atoms with Gasteiger partial charge in [-0.2, -0.15) is 0 Å². The summed E-state index contributed by atoms with van der Waals surface area (Å²) in [6.45, 7) is 8.07. The zero-order chi connectivity index (χ0) is 13.8. The van der Waals surface area contributed by atoms with Gasteiger partial charge in [-0.1, -0.05) is 63.3 Å². The lowest BCUT2D eigenvalue weighted by atomic mass is 9.94. The fourth-order valence-electron chi connectivity index (χ4n) is 1.68. The van der Waals surface area contributed by atoms with Gasteiger partial charge in [0.25, 0.3) is 0 Å². The maximum absolute atomic E-state index is 9.62. The summed E-state index contributed by atoms with van der Waals surface area (Å²) in [5.74, 6) is 0. The second-order valence-electron chi connectivity index (χ2n) is 5.77. The molecule has 2 atom stereocenters. The molecule has 0 spiro atoms. The second kappa shape index (κ2) is 6.30. The molecule has 0 amide bonds. The van der Waals surface area contributed by atoms with E-state index in [9.17, 15) is 5.11 Å². The molecule has 1 rings (SSSR count). The van der Waals surface area contributed by atoms with Crippen LogP contribution in [0.2, 0.25) is 0 Å². The number of aliphatic hydroxyl groups is 1. The number of benzene rings is 1. The van der Waals surface area contributed by atoms with E-state index >= 15 is 0 Å². The van der Waals surface area contributed by atoms with Crippen molar-refractivity contribution in [1.29, 1.82) is 0 Å². The Balaban J connectivity index is 2.84. The van der Waals surface area contributed by atoms with E-state index < -0.39 is 0 Å². The molecule has 0 saturated heterocycles. The lowest BCUT2D eigenvalue weighted by Crippen LogP contribution is -2.37. The van der Waals surface area contributed by atoms with Gasteiger partial charge < -0.3 is 10.4 Å². The minimum Gasteiger partial charge on any atom is -0.393 e. The highest BCUT2D eigenvalue weighted by Crippen LogP contribution is 2.22. The van der Waals surface area contributed by atoms with Crippen molar-refractivity contribution in [3.63, 3.8) is 0 Å². The van der Waals surface area contributed by atoms with E-state index in [0.717, 1.165) is 10.6 Å². The molecule has 3 heteroatoms. The summed E-state index contributed by atoms with van der Waals surface area (Å²) in [4.78, 5) is 0.831. The minimum absolute atomic E-state index is 0.0545. The van der Waals surface area contributed by atoms with Crippen LogP contribution >= 0.6 is 12.2 Å². The lowest BCUT2D eigenvalue weighted by molar-refractivity contribution is 0.171. The van der Waals surface area contributed by atoms with Gasteiger partial charge in [0.15, 0.2) is 0 Å². The van der Waals surface area contributed by atoms with Gasteiger partial charge in [-0.3, -0.25) is 0 Å². The van der Waals surface area contributed by atoms with E-state index in [-0.39, 0.29) is 17.6 Å². The molecule has 2 N–H and O–H groups in total. The van der Waals surface area contributed by atoms with Crippen molar-refractivity contribution >= 4 is 17.2 Å². The normalized spacial score (nSPS) is 14.9. The Bertz CT molecular complexity index is 381. The molecule has 0 fully saturated rings. The molecule has 0 radical (unpaired) electrons. The van der Waals surface area contributed by atoms with Crippen molar-refractivity contribution in [3.05, 3.63) is 35.9 Å². The zero-order valence-corrected chi connectivity index (χ0v) is 12.4. The van der Waals surface area contributed by atoms with Crippen LogP contribution in [0.3, 0.4) is 0 Å². The molecule has 2 unspecified atom stereocenters. The smallest absolute Gasteiger partial charge is 0.0812 e. The SMILES string of the molecule is CC(O)CC(NC(=S)C(C)(C)C)c1ccccc1. The van der Waals surface area contributed by atoms with Gasteiger partial charge in [0.1, 0.15) is 0 Å². The molecule has 0 heterocycles. The maximum Gasteiger partial charge on any atom is 0.0812 e. The van der Waals surface area contributed by atoms with E-state index in [2.05, 4.69) is 38.2 Å². The van der Waals surface area contributed by atoms with E-state index in [1.807, 2.05) is 18.2 Å². The summed E-state index contributed by atoms with van der Waals surface area (Å²) in [6.07, 6.45) is 0.297. The first-order valence-corrected chi connectivity index (χ1v) is 6.75. The van der Waals surface area contributed by atoms with Gasteiger partial charge in [-0.25, -0.2) is 0 Å². The molecular formula is C15H23NOS. The first-order valence-electron chi connectivity index (χ1n) is 6.34. The third-order valence-corrected chi connectivity index (χ3v) is 3.50. The Hall–Kier alpha value is -0.930. The van der Waals surface area contributed by atoms with E-state index in [0.29, 0.717) is 6.42 Å². The van der Waals surface area contributed by atoms with Crippen molar-refractivity contribution in [1.82, 2.24) is 5.32 Å². The molecule has 0 saturated carbocycles. The van der Waals surface area contributed by atoms with Crippen molar-refractivity contribution in [3.8, 4) is 0 Å². The number of nitrogens with one attached hydrogen (secondary N) is 1. The Kier molecular flexibility index (Phi) is 5.29. The fourth-order valence-corrected chi connectivity index (χ4v) is 1.82. The van der Waals surface area contributed by atoms with Crippen LogP contribution in [-0.4, -0.2) is 16.2 Å². The summed E-state index contributed by atoms with van der Waals surface area (Å²) in [6, 6.07) is 10.2. The van der Waals surface area contributed by atoms with Gasteiger partial charge >= 0.3 is 0 Å². The number of hydrogen-bond donors (Lipinski definition) is 2. The second-order valence-corrected chi connectivity index (χ2v) is 6.18. The van der Waals surface area contributed by atoms with Gasteiger partial charge in [0.05, 0.1) is 17.1 Å². The molecule has 18 heavy (non-hydrogen) atoms. The van der Waals surface area contributed by atoms with Gasteiger partial charge in [0.2, 0.25) is 0 Å². The van der Waals surface area contributed by atoms with Crippen LogP contribution in [0.5, 0.6) is 0 Å². The van der Waals surface area contributed by atoms with Crippen LogP contribution in [0, 0.1) is 5.41 Å². The molecule has 0 aliphatic rings.